The molecule has 10 heteroatoms. The van der Waals surface area contributed by atoms with E-state index in [4.69, 9.17) is 15.2 Å². The van der Waals surface area contributed by atoms with E-state index >= 15 is 4.39 Å². The van der Waals surface area contributed by atoms with Gasteiger partial charge in [0.2, 0.25) is 0 Å². The van der Waals surface area contributed by atoms with Crippen molar-refractivity contribution in [3.05, 3.63) is 47.8 Å². The van der Waals surface area contributed by atoms with Crippen LogP contribution in [0.1, 0.15) is 5.56 Å². The van der Waals surface area contributed by atoms with Gasteiger partial charge in [-0.05, 0) is 36.6 Å². The van der Waals surface area contributed by atoms with Crippen LogP contribution in [0.25, 0.3) is 0 Å². The van der Waals surface area contributed by atoms with E-state index in [-0.39, 0.29) is 34.4 Å². The molecule has 1 amide bonds. The highest BCUT2D eigenvalue weighted by atomic mass is 32.2. The van der Waals surface area contributed by atoms with Crippen LogP contribution in [0.4, 0.5) is 25.0 Å². The Hall–Kier alpha value is -3.14. The number of carbonyl (C=O) groups is 1. The number of nitrogen functional groups attached to an aromatic ring is 1. The van der Waals surface area contributed by atoms with Crippen molar-refractivity contribution in [2.45, 2.75) is 0 Å². The number of nitrogens with two attached hydrogens (primary N) is 1. The number of thioether (sulfide) groups is 1. The minimum absolute atomic E-state index is 0.0409. The number of anilines is 1. The topological polar surface area (TPSA) is 95.5 Å². The molecule has 0 bridgehead atoms. The second-order valence-corrected chi connectivity index (χ2v) is 6.46. The number of hydrogen-bond acceptors (Lipinski definition) is 7. The van der Waals surface area contributed by atoms with Crippen molar-refractivity contribution in [2.24, 2.45) is 9.98 Å². The smallest absolute Gasteiger partial charge is 0.434 e. The molecule has 160 valence electrons. The molecule has 2 aromatic rings. The first-order valence-electron chi connectivity index (χ1n) is 8.65. The lowest BCUT2D eigenvalue weighted by atomic mass is 10.1. The van der Waals surface area contributed by atoms with Crippen LogP contribution in [0.15, 0.2) is 46.4 Å². The molecule has 0 atom stereocenters. The molecule has 2 N–H and O–H groups in total. The van der Waals surface area contributed by atoms with E-state index in [2.05, 4.69) is 14.7 Å². The molecule has 0 saturated carbocycles. The summed E-state index contributed by atoms with van der Waals surface area (Å²) in [6, 6.07) is 9.20. The van der Waals surface area contributed by atoms with E-state index in [0.29, 0.717) is 11.4 Å². The summed E-state index contributed by atoms with van der Waals surface area (Å²) in [5.74, 6) is -0.764. The highest BCUT2D eigenvalue weighted by Crippen LogP contribution is 2.30. The predicted molar refractivity (Wildman–Crippen MR) is 115 cm³/mol. The van der Waals surface area contributed by atoms with Crippen molar-refractivity contribution < 1.29 is 27.8 Å². The first-order chi connectivity index (χ1) is 14.4. The number of amides is 1. The Balaban J connectivity index is 2.74. The molecule has 7 nitrogen and oxygen atoms in total. The molecule has 30 heavy (non-hydrogen) atoms. The Morgan fingerprint density at radius 1 is 1.20 bits per heavy atom. The van der Waals surface area contributed by atoms with Gasteiger partial charge in [-0.25, -0.2) is 18.6 Å². The Morgan fingerprint density at radius 2 is 1.90 bits per heavy atom. The number of halogens is 2. The van der Waals surface area contributed by atoms with E-state index in [1.165, 1.54) is 26.4 Å². The van der Waals surface area contributed by atoms with Gasteiger partial charge in [-0.1, -0.05) is 0 Å². The molecule has 0 spiro atoms. The molecule has 0 aliphatic heterocycles. The molecule has 0 heterocycles. The Labute approximate surface area is 176 Å². The number of benzene rings is 2. The van der Waals surface area contributed by atoms with Crippen LogP contribution in [0.3, 0.4) is 0 Å². The number of ether oxygens (including phenoxy) is 3. The van der Waals surface area contributed by atoms with E-state index in [1.807, 2.05) is 0 Å². The zero-order chi connectivity index (χ0) is 22.1. The first kappa shape index (κ1) is 23.1. The van der Waals surface area contributed by atoms with Gasteiger partial charge in [0, 0.05) is 17.3 Å². The summed E-state index contributed by atoms with van der Waals surface area (Å²) in [4.78, 5) is 20.1. The van der Waals surface area contributed by atoms with Crippen molar-refractivity contribution in [3.8, 4) is 11.5 Å². The second kappa shape index (κ2) is 11.1. The summed E-state index contributed by atoms with van der Waals surface area (Å²) in [5.41, 5.74) is 6.67. The molecular formula is C20H21F2N3O4S. The number of aliphatic imine (C=N–C) groups is 2. The predicted octanol–water partition coefficient (Wildman–Crippen LogP) is 4.41. The van der Waals surface area contributed by atoms with Crippen molar-refractivity contribution in [1.29, 1.82) is 0 Å². The molecule has 0 saturated heterocycles. The van der Waals surface area contributed by atoms with E-state index in [9.17, 15) is 9.18 Å². The largest absolute Gasteiger partial charge is 0.497 e. The Morgan fingerprint density at radius 3 is 2.47 bits per heavy atom. The zero-order valence-electron chi connectivity index (χ0n) is 16.6. The SMILES string of the molecule is COC(=O)/N=C(SC)/C(=N/c1ccc(N)cc1)c1cc(OC)cc(OCCF)c1F. The van der Waals surface area contributed by atoms with Gasteiger partial charge in [-0.2, -0.15) is 4.99 Å². The van der Waals surface area contributed by atoms with Gasteiger partial charge in [0.05, 0.1) is 19.9 Å². The van der Waals surface area contributed by atoms with Crippen molar-refractivity contribution in [2.75, 3.05) is 39.5 Å². The fraction of sp³-hybridized carbons (Fsp3) is 0.250. The highest BCUT2D eigenvalue weighted by Gasteiger charge is 2.22. The average molecular weight is 437 g/mol. The fourth-order valence-electron chi connectivity index (χ4n) is 2.34. The molecule has 2 rings (SSSR count). The number of nitrogens with zero attached hydrogens (tertiary/aromatic N) is 2. The molecule has 2 aromatic carbocycles. The third kappa shape index (κ3) is 5.93. The average Bonchev–Trinajstić information content (AvgIpc) is 2.76. The summed E-state index contributed by atoms with van der Waals surface area (Å²) in [5, 5.41) is 0.0993. The number of hydrogen-bond donors (Lipinski definition) is 1. The summed E-state index contributed by atoms with van der Waals surface area (Å²) >= 11 is 1.07. The van der Waals surface area contributed by atoms with Crippen LogP contribution in [-0.4, -0.2) is 50.6 Å². The molecule has 0 fully saturated rings. The van der Waals surface area contributed by atoms with Gasteiger partial charge >= 0.3 is 6.09 Å². The highest BCUT2D eigenvalue weighted by molar-refractivity contribution is 8.15. The fourth-order valence-corrected chi connectivity index (χ4v) is 2.86. The third-order valence-corrected chi connectivity index (χ3v) is 4.41. The Bertz CT molecular complexity index is 950. The maximum atomic E-state index is 15.3. The second-order valence-electron chi connectivity index (χ2n) is 5.67. The van der Waals surface area contributed by atoms with E-state index < -0.39 is 18.6 Å². The summed E-state index contributed by atoms with van der Waals surface area (Å²) in [7, 11) is 2.57. The van der Waals surface area contributed by atoms with E-state index in [1.54, 1.807) is 30.5 Å². The number of alkyl halides is 1. The van der Waals surface area contributed by atoms with Crippen LogP contribution < -0.4 is 15.2 Å². The van der Waals surface area contributed by atoms with Crippen molar-refractivity contribution in [3.63, 3.8) is 0 Å². The maximum Gasteiger partial charge on any atom is 0.434 e. The maximum absolute atomic E-state index is 15.3. The van der Waals surface area contributed by atoms with Gasteiger partial charge in [0.25, 0.3) is 0 Å². The van der Waals surface area contributed by atoms with E-state index in [0.717, 1.165) is 11.8 Å². The van der Waals surface area contributed by atoms with Crippen LogP contribution in [0.2, 0.25) is 0 Å². The van der Waals surface area contributed by atoms with Gasteiger partial charge in [0.15, 0.2) is 11.6 Å². The normalized spacial score (nSPS) is 11.9. The minimum Gasteiger partial charge on any atom is -0.497 e. The number of carbonyl (C=O) groups excluding carboxylic acids is 1. The quantitative estimate of drug-likeness (QED) is 0.392. The molecule has 0 aliphatic carbocycles. The van der Waals surface area contributed by atoms with Crippen LogP contribution in [-0.2, 0) is 4.74 Å². The monoisotopic (exact) mass is 437 g/mol. The first-order valence-corrected chi connectivity index (χ1v) is 9.87. The molecule has 0 aliphatic rings. The van der Waals surface area contributed by atoms with Gasteiger partial charge in [-0.15, -0.1) is 11.8 Å². The standard InChI is InChI=1S/C20H21F2N3O4S/c1-27-14-10-15(17(22)16(11-14)29-9-8-21)18(19(30-3)25-20(26)28-2)24-13-6-4-12(23)5-7-13/h4-7,10-11H,8-9,23H2,1-3H3/b24-18+,25-19-. The number of rotatable bonds is 7. The lowest BCUT2D eigenvalue weighted by molar-refractivity contribution is 0.183. The summed E-state index contributed by atoms with van der Waals surface area (Å²) < 4.78 is 42.8. The van der Waals surface area contributed by atoms with Gasteiger partial charge in [-0.3, -0.25) is 0 Å². The van der Waals surface area contributed by atoms with Crippen molar-refractivity contribution >= 4 is 40.0 Å². The molecule has 0 radical (unpaired) electrons. The van der Waals surface area contributed by atoms with Crippen LogP contribution >= 0.6 is 11.8 Å². The zero-order valence-corrected chi connectivity index (χ0v) is 17.5. The van der Waals surface area contributed by atoms with Crippen molar-refractivity contribution in [1.82, 2.24) is 0 Å². The number of methoxy groups -OCH3 is 2. The molecular weight excluding hydrogens is 416 g/mol. The van der Waals surface area contributed by atoms with Crippen LogP contribution in [0, 0.1) is 5.82 Å². The molecule has 0 aromatic heterocycles. The van der Waals surface area contributed by atoms with Gasteiger partial charge < -0.3 is 19.9 Å². The van der Waals surface area contributed by atoms with Gasteiger partial charge in [0.1, 0.15) is 29.8 Å². The molecule has 0 unspecified atom stereocenters. The Kier molecular flexibility index (Phi) is 8.60. The third-order valence-electron chi connectivity index (χ3n) is 3.74. The minimum atomic E-state index is -0.874. The lowest BCUT2D eigenvalue weighted by Gasteiger charge is -2.14. The summed E-state index contributed by atoms with van der Waals surface area (Å²) in [6.45, 7) is -1.13. The van der Waals surface area contributed by atoms with Crippen LogP contribution in [0.5, 0.6) is 11.5 Å². The lowest BCUT2D eigenvalue weighted by Crippen LogP contribution is -2.17. The summed E-state index contributed by atoms with van der Waals surface area (Å²) in [6.07, 6.45) is 0.778.